The lowest BCUT2D eigenvalue weighted by molar-refractivity contribution is -0.0265. The van der Waals surface area contributed by atoms with Crippen LogP contribution in [-0.4, -0.2) is 44.7 Å². The summed E-state index contributed by atoms with van der Waals surface area (Å²) in [6, 6.07) is 8.75. The second kappa shape index (κ2) is 10.6. The lowest BCUT2D eigenvalue weighted by Gasteiger charge is -2.32. The monoisotopic (exact) mass is 349 g/mol. The van der Waals surface area contributed by atoms with Gasteiger partial charge in [0.15, 0.2) is 5.96 Å². The van der Waals surface area contributed by atoms with Crippen molar-refractivity contribution in [2.24, 2.45) is 10.9 Å². The van der Waals surface area contributed by atoms with E-state index in [4.69, 9.17) is 4.74 Å². The normalized spacial score (nSPS) is 21.5. The summed E-state index contributed by atoms with van der Waals surface area (Å²) in [7, 11) is 1.83. The van der Waals surface area contributed by atoms with Crippen molar-refractivity contribution in [2.45, 2.75) is 32.3 Å². The number of rotatable bonds is 7. The summed E-state index contributed by atoms with van der Waals surface area (Å²) >= 11 is 1.88. The average molecular weight is 350 g/mol. The maximum atomic E-state index is 6.09. The molecule has 1 aliphatic heterocycles. The second-order valence-corrected chi connectivity index (χ2v) is 7.32. The molecule has 1 aromatic rings. The molecule has 2 N–H and O–H groups in total. The molecule has 2 atom stereocenters. The molecule has 4 nitrogen and oxygen atoms in total. The first-order valence-electron chi connectivity index (χ1n) is 8.86. The highest BCUT2D eigenvalue weighted by Crippen LogP contribution is 2.33. The van der Waals surface area contributed by atoms with E-state index in [1.807, 2.05) is 18.8 Å². The van der Waals surface area contributed by atoms with Gasteiger partial charge in [0.2, 0.25) is 0 Å². The summed E-state index contributed by atoms with van der Waals surface area (Å²) in [5.41, 5.74) is 2.58. The van der Waals surface area contributed by atoms with E-state index in [1.54, 1.807) is 0 Å². The second-order valence-electron chi connectivity index (χ2n) is 6.33. The third kappa shape index (κ3) is 6.02. The average Bonchev–Trinajstić information content (AvgIpc) is 2.62. The number of guanidine groups is 1. The maximum absolute atomic E-state index is 6.09. The molecule has 0 radical (unpaired) electrons. The van der Waals surface area contributed by atoms with Crippen molar-refractivity contribution in [1.82, 2.24) is 10.6 Å². The highest BCUT2D eigenvalue weighted by Gasteiger charge is 2.27. The SMILES string of the molecule is CN=C(NCCCSC)NCC1CCCOC1c1ccc(C)cc1. The Labute approximate surface area is 150 Å². The zero-order chi connectivity index (χ0) is 17.2. The lowest BCUT2D eigenvalue weighted by atomic mass is 9.89. The highest BCUT2D eigenvalue weighted by molar-refractivity contribution is 7.98. The standard InChI is InChI=1S/C19H31N3OS/c1-15-7-9-16(10-8-15)18-17(6-4-12-23-18)14-22-19(20-2)21-11-5-13-24-3/h7-10,17-18H,4-6,11-14H2,1-3H3,(H2,20,21,22). The lowest BCUT2D eigenvalue weighted by Crippen LogP contribution is -2.42. The van der Waals surface area contributed by atoms with Crippen LogP contribution >= 0.6 is 11.8 Å². The quantitative estimate of drug-likeness (QED) is 0.450. The van der Waals surface area contributed by atoms with Gasteiger partial charge in [0.25, 0.3) is 0 Å². The first-order valence-corrected chi connectivity index (χ1v) is 10.3. The number of ether oxygens (including phenoxy) is 1. The fourth-order valence-electron chi connectivity index (χ4n) is 3.05. The van der Waals surface area contributed by atoms with E-state index in [0.717, 1.165) is 38.5 Å². The van der Waals surface area contributed by atoms with E-state index < -0.39 is 0 Å². The molecule has 1 aromatic carbocycles. The predicted octanol–water partition coefficient (Wildman–Crippen LogP) is 3.38. The van der Waals surface area contributed by atoms with Crippen LogP contribution < -0.4 is 10.6 Å². The third-order valence-corrected chi connectivity index (χ3v) is 5.12. The van der Waals surface area contributed by atoms with Crippen LogP contribution in [0.25, 0.3) is 0 Å². The van der Waals surface area contributed by atoms with Crippen LogP contribution in [0.5, 0.6) is 0 Å². The molecule has 1 fully saturated rings. The van der Waals surface area contributed by atoms with Gasteiger partial charge in [0.05, 0.1) is 6.10 Å². The van der Waals surface area contributed by atoms with E-state index in [-0.39, 0.29) is 6.10 Å². The Morgan fingerprint density at radius 3 is 2.79 bits per heavy atom. The van der Waals surface area contributed by atoms with Crippen molar-refractivity contribution >= 4 is 17.7 Å². The van der Waals surface area contributed by atoms with Gasteiger partial charge in [-0.3, -0.25) is 4.99 Å². The number of thioether (sulfide) groups is 1. The van der Waals surface area contributed by atoms with Crippen molar-refractivity contribution < 1.29 is 4.74 Å². The molecule has 0 saturated carbocycles. The van der Waals surface area contributed by atoms with Crippen LogP contribution in [0.3, 0.4) is 0 Å². The smallest absolute Gasteiger partial charge is 0.190 e. The first-order chi connectivity index (χ1) is 11.7. The molecule has 24 heavy (non-hydrogen) atoms. The van der Waals surface area contributed by atoms with Crippen molar-refractivity contribution in [3.8, 4) is 0 Å². The van der Waals surface area contributed by atoms with Crippen LogP contribution in [0.2, 0.25) is 0 Å². The van der Waals surface area contributed by atoms with Gasteiger partial charge in [-0.25, -0.2) is 0 Å². The highest BCUT2D eigenvalue weighted by atomic mass is 32.2. The van der Waals surface area contributed by atoms with Crippen molar-refractivity contribution in [3.05, 3.63) is 35.4 Å². The van der Waals surface area contributed by atoms with Gasteiger partial charge >= 0.3 is 0 Å². The fourth-order valence-corrected chi connectivity index (χ4v) is 3.48. The predicted molar refractivity (Wildman–Crippen MR) is 105 cm³/mol. The maximum Gasteiger partial charge on any atom is 0.190 e. The molecule has 2 rings (SSSR count). The molecular weight excluding hydrogens is 318 g/mol. The van der Waals surface area contributed by atoms with Crippen LogP contribution in [0.4, 0.5) is 0 Å². The fraction of sp³-hybridized carbons (Fsp3) is 0.632. The zero-order valence-electron chi connectivity index (χ0n) is 15.2. The van der Waals surface area contributed by atoms with Crippen molar-refractivity contribution in [2.75, 3.05) is 38.8 Å². The topological polar surface area (TPSA) is 45.7 Å². The Kier molecular flexibility index (Phi) is 8.47. The molecule has 5 heteroatoms. The molecular formula is C19H31N3OS. The van der Waals surface area contributed by atoms with Gasteiger partial charge in [-0.15, -0.1) is 0 Å². The molecule has 134 valence electrons. The number of aliphatic imine (C=N–C) groups is 1. The van der Waals surface area contributed by atoms with E-state index in [0.29, 0.717) is 5.92 Å². The van der Waals surface area contributed by atoms with E-state index in [1.165, 1.54) is 23.3 Å². The summed E-state index contributed by atoms with van der Waals surface area (Å²) < 4.78 is 6.09. The molecule has 0 aromatic heterocycles. The minimum Gasteiger partial charge on any atom is -0.373 e. The van der Waals surface area contributed by atoms with Gasteiger partial charge in [-0.05, 0) is 43.8 Å². The molecule has 1 aliphatic rings. The zero-order valence-corrected chi connectivity index (χ0v) is 16.0. The first kappa shape index (κ1) is 19.1. The van der Waals surface area contributed by atoms with E-state index >= 15 is 0 Å². The molecule has 2 unspecified atom stereocenters. The summed E-state index contributed by atoms with van der Waals surface area (Å²) in [6.07, 6.45) is 5.80. The minimum atomic E-state index is 0.182. The van der Waals surface area contributed by atoms with Gasteiger partial charge in [0, 0.05) is 32.7 Å². The van der Waals surface area contributed by atoms with Gasteiger partial charge in [-0.1, -0.05) is 29.8 Å². The summed E-state index contributed by atoms with van der Waals surface area (Å²) in [6.45, 7) is 4.83. The Morgan fingerprint density at radius 2 is 2.08 bits per heavy atom. The molecule has 0 spiro atoms. The Bertz CT molecular complexity index is 504. The summed E-state index contributed by atoms with van der Waals surface area (Å²) in [4.78, 5) is 4.33. The van der Waals surface area contributed by atoms with Crippen LogP contribution in [0, 0.1) is 12.8 Å². The number of nitrogens with zero attached hydrogens (tertiary/aromatic N) is 1. The third-order valence-electron chi connectivity index (χ3n) is 4.42. The molecule has 0 bridgehead atoms. The number of hydrogen-bond acceptors (Lipinski definition) is 3. The van der Waals surface area contributed by atoms with Gasteiger partial charge in [0.1, 0.15) is 0 Å². The number of nitrogens with one attached hydrogen (secondary N) is 2. The molecule has 1 saturated heterocycles. The van der Waals surface area contributed by atoms with Crippen molar-refractivity contribution in [3.63, 3.8) is 0 Å². The van der Waals surface area contributed by atoms with E-state index in [9.17, 15) is 0 Å². The van der Waals surface area contributed by atoms with Gasteiger partial charge in [-0.2, -0.15) is 11.8 Å². The summed E-state index contributed by atoms with van der Waals surface area (Å²) in [5, 5.41) is 6.87. The van der Waals surface area contributed by atoms with Crippen molar-refractivity contribution in [1.29, 1.82) is 0 Å². The Balaban J connectivity index is 1.87. The largest absolute Gasteiger partial charge is 0.373 e. The van der Waals surface area contributed by atoms with Crippen LogP contribution in [0.1, 0.15) is 36.5 Å². The van der Waals surface area contributed by atoms with Crippen LogP contribution in [0.15, 0.2) is 29.3 Å². The molecule has 0 aliphatic carbocycles. The summed E-state index contributed by atoms with van der Waals surface area (Å²) in [5.74, 6) is 2.55. The molecule has 1 heterocycles. The van der Waals surface area contributed by atoms with Gasteiger partial charge < -0.3 is 15.4 Å². The number of benzene rings is 1. The Morgan fingerprint density at radius 1 is 1.29 bits per heavy atom. The number of hydrogen-bond donors (Lipinski definition) is 2. The Hall–Kier alpha value is -1.20. The minimum absolute atomic E-state index is 0.182. The molecule has 0 amide bonds. The van der Waals surface area contributed by atoms with E-state index in [2.05, 4.69) is 53.1 Å². The number of aryl methyl sites for hydroxylation is 1. The van der Waals surface area contributed by atoms with Crippen LogP contribution in [-0.2, 0) is 4.74 Å².